The van der Waals surface area contributed by atoms with Gasteiger partial charge in [-0.3, -0.25) is 0 Å². The van der Waals surface area contributed by atoms with Crippen LogP contribution in [0.15, 0.2) is 78.9 Å². The molecule has 0 spiro atoms. The van der Waals surface area contributed by atoms with Crippen molar-refractivity contribution in [3.8, 4) is 11.1 Å². The second kappa shape index (κ2) is 5.45. The first-order chi connectivity index (χ1) is 10.9. The van der Waals surface area contributed by atoms with E-state index in [1.54, 1.807) is 0 Å². The Hall–Kier alpha value is -2.94. The highest BCUT2D eigenvalue weighted by molar-refractivity contribution is 5.74. The van der Waals surface area contributed by atoms with Gasteiger partial charge in [0, 0.05) is 0 Å². The molecule has 0 unspecified atom stereocenters. The average Bonchev–Trinajstić information content (AvgIpc) is 3.00. The van der Waals surface area contributed by atoms with Crippen LogP contribution in [0.25, 0.3) is 22.2 Å². The predicted molar refractivity (Wildman–Crippen MR) is 88.5 cm³/mol. The number of hydrogen-bond donors (Lipinski definition) is 0. The molecule has 3 nitrogen and oxygen atoms in total. The van der Waals surface area contributed by atoms with Crippen LogP contribution in [0.3, 0.4) is 0 Å². The maximum Gasteiger partial charge on any atom is 0.113 e. The number of benzene rings is 3. The number of fused-ring (bicyclic) bond motifs is 1. The maximum absolute atomic E-state index is 4.24. The molecule has 106 valence electrons. The molecule has 0 aliphatic rings. The minimum atomic E-state index is 0.732. The van der Waals surface area contributed by atoms with E-state index >= 15 is 0 Å². The third-order valence-corrected chi connectivity index (χ3v) is 3.81. The molecule has 1 aromatic heterocycles. The summed E-state index contributed by atoms with van der Waals surface area (Å²) >= 11 is 0. The van der Waals surface area contributed by atoms with Crippen molar-refractivity contribution in [1.29, 1.82) is 0 Å². The van der Waals surface area contributed by atoms with Crippen LogP contribution in [-0.2, 0) is 6.54 Å². The molecule has 3 heteroatoms. The standard InChI is InChI=1S/C19H15N3/c1-2-6-16(7-3-1)17-12-10-15(11-13-17)14-22-19-9-5-4-8-18(19)20-21-22/h1-13H,14H2. The van der Waals surface area contributed by atoms with Crippen LogP contribution in [-0.4, -0.2) is 15.0 Å². The number of aromatic nitrogens is 3. The molecular weight excluding hydrogens is 270 g/mol. The highest BCUT2D eigenvalue weighted by Crippen LogP contribution is 2.20. The van der Waals surface area contributed by atoms with Crippen molar-refractivity contribution in [1.82, 2.24) is 15.0 Å². The maximum atomic E-state index is 4.24. The van der Waals surface area contributed by atoms with Gasteiger partial charge in [0.25, 0.3) is 0 Å². The molecule has 0 saturated heterocycles. The van der Waals surface area contributed by atoms with Crippen molar-refractivity contribution in [2.75, 3.05) is 0 Å². The number of nitrogens with zero attached hydrogens (tertiary/aromatic N) is 3. The smallest absolute Gasteiger partial charge is 0.113 e. The van der Waals surface area contributed by atoms with Crippen LogP contribution in [0.5, 0.6) is 0 Å². The summed E-state index contributed by atoms with van der Waals surface area (Å²) in [7, 11) is 0. The van der Waals surface area contributed by atoms with Crippen LogP contribution in [0, 0.1) is 0 Å². The van der Waals surface area contributed by atoms with E-state index in [9.17, 15) is 0 Å². The van der Waals surface area contributed by atoms with Gasteiger partial charge in [-0.25, -0.2) is 4.68 Å². The van der Waals surface area contributed by atoms with E-state index in [1.165, 1.54) is 16.7 Å². The highest BCUT2D eigenvalue weighted by Gasteiger charge is 2.04. The molecule has 0 saturated carbocycles. The zero-order valence-corrected chi connectivity index (χ0v) is 12.1. The first kappa shape index (κ1) is 12.8. The summed E-state index contributed by atoms with van der Waals surface area (Å²) in [5.41, 5.74) is 5.68. The van der Waals surface area contributed by atoms with E-state index < -0.39 is 0 Å². The Morgan fingerprint density at radius 2 is 1.36 bits per heavy atom. The van der Waals surface area contributed by atoms with Gasteiger partial charge in [-0.05, 0) is 28.8 Å². The van der Waals surface area contributed by atoms with Crippen molar-refractivity contribution >= 4 is 11.0 Å². The fourth-order valence-electron chi connectivity index (χ4n) is 2.64. The second-order valence-corrected chi connectivity index (χ2v) is 5.30. The van der Waals surface area contributed by atoms with Gasteiger partial charge in [-0.15, -0.1) is 5.10 Å². The van der Waals surface area contributed by atoms with Crippen molar-refractivity contribution in [2.45, 2.75) is 6.54 Å². The molecule has 4 aromatic rings. The highest BCUT2D eigenvalue weighted by atomic mass is 15.4. The van der Waals surface area contributed by atoms with Gasteiger partial charge in [0.1, 0.15) is 5.52 Å². The van der Waals surface area contributed by atoms with Gasteiger partial charge in [-0.2, -0.15) is 0 Å². The van der Waals surface area contributed by atoms with E-state index in [1.807, 2.05) is 35.0 Å². The molecular formula is C19H15N3. The molecule has 22 heavy (non-hydrogen) atoms. The second-order valence-electron chi connectivity index (χ2n) is 5.30. The van der Waals surface area contributed by atoms with E-state index in [4.69, 9.17) is 0 Å². The minimum absolute atomic E-state index is 0.732. The quantitative estimate of drug-likeness (QED) is 0.566. The Kier molecular flexibility index (Phi) is 3.16. The Morgan fingerprint density at radius 3 is 2.18 bits per heavy atom. The molecule has 3 aromatic carbocycles. The van der Waals surface area contributed by atoms with Crippen LogP contribution < -0.4 is 0 Å². The first-order valence-electron chi connectivity index (χ1n) is 7.33. The number of rotatable bonds is 3. The Morgan fingerprint density at radius 1 is 0.682 bits per heavy atom. The fourth-order valence-corrected chi connectivity index (χ4v) is 2.64. The lowest BCUT2D eigenvalue weighted by Gasteiger charge is -2.05. The minimum Gasteiger partial charge on any atom is -0.240 e. The van der Waals surface area contributed by atoms with Crippen molar-refractivity contribution in [2.24, 2.45) is 0 Å². The lowest BCUT2D eigenvalue weighted by atomic mass is 10.0. The van der Waals surface area contributed by atoms with E-state index in [0.717, 1.165) is 17.6 Å². The fraction of sp³-hybridized carbons (Fsp3) is 0.0526. The first-order valence-corrected chi connectivity index (χ1v) is 7.33. The Bertz CT molecular complexity index is 893. The molecule has 0 fully saturated rings. The van der Waals surface area contributed by atoms with Gasteiger partial charge >= 0.3 is 0 Å². The third kappa shape index (κ3) is 2.37. The van der Waals surface area contributed by atoms with Crippen LogP contribution >= 0.6 is 0 Å². The topological polar surface area (TPSA) is 30.7 Å². The van der Waals surface area contributed by atoms with E-state index in [0.29, 0.717) is 0 Å². The zero-order valence-electron chi connectivity index (χ0n) is 12.1. The van der Waals surface area contributed by atoms with Crippen LogP contribution in [0.4, 0.5) is 0 Å². The molecule has 0 N–H and O–H groups in total. The lowest BCUT2D eigenvalue weighted by Crippen LogP contribution is -2.01. The van der Waals surface area contributed by atoms with Gasteiger partial charge in [0.15, 0.2) is 0 Å². The summed E-state index contributed by atoms with van der Waals surface area (Å²) in [6, 6.07) is 27.1. The normalized spacial score (nSPS) is 10.9. The summed E-state index contributed by atoms with van der Waals surface area (Å²) in [4.78, 5) is 0. The molecule has 0 radical (unpaired) electrons. The zero-order chi connectivity index (χ0) is 14.8. The number of hydrogen-bond acceptors (Lipinski definition) is 2. The average molecular weight is 285 g/mol. The van der Waals surface area contributed by atoms with Crippen molar-refractivity contribution in [3.05, 3.63) is 84.4 Å². The molecule has 0 bridgehead atoms. The molecule has 0 aliphatic carbocycles. The molecule has 0 aliphatic heterocycles. The molecule has 1 heterocycles. The summed E-state index contributed by atoms with van der Waals surface area (Å²) in [5.74, 6) is 0. The summed E-state index contributed by atoms with van der Waals surface area (Å²) < 4.78 is 1.94. The lowest BCUT2D eigenvalue weighted by molar-refractivity contribution is 0.670. The Balaban J connectivity index is 1.61. The van der Waals surface area contributed by atoms with Gasteiger partial charge < -0.3 is 0 Å². The van der Waals surface area contributed by atoms with Gasteiger partial charge in [0.05, 0.1) is 12.1 Å². The largest absolute Gasteiger partial charge is 0.240 e. The monoisotopic (exact) mass is 285 g/mol. The molecule has 0 amide bonds. The third-order valence-electron chi connectivity index (χ3n) is 3.81. The SMILES string of the molecule is c1ccc(-c2ccc(Cn3nnc4ccccc43)cc2)cc1. The molecule has 4 rings (SSSR count). The number of para-hydroxylation sites is 1. The summed E-state index contributed by atoms with van der Waals surface area (Å²) in [6.45, 7) is 0.732. The van der Waals surface area contributed by atoms with Gasteiger partial charge in [0.2, 0.25) is 0 Å². The Labute approximate surface area is 128 Å². The van der Waals surface area contributed by atoms with Crippen LogP contribution in [0.2, 0.25) is 0 Å². The van der Waals surface area contributed by atoms with Crippen molar-refractivity contribution < 1.29 is 0 Å². The van der Waals surface area contributed by atoms with Crippen molar-refractivity contribution in [3.63, 3.8) is 0 Å². The van der Waals surface area contributed by atoms with Gasteiger partial charge in [-0.1, -0.05) is 71.9 Å². The summed E-state index contributed by atoms with van der Waals surface area (Å²) in [5, 5.41) is 8.43. The van der Waals surface area contributed by atoms with E-state index in [-0.39, 0.29) is 0 Å². The molecule has 0 atom stereocenters. The summed E-state index contributed by atoms with van der Waals surface area (Å²) in [6.07, 6.45) is 0. The van der Waals surface area contributed by atoms with Crippen LogP contribution in [0.1, 0.15) is 5.56 Å². The predicted octanol–water partition coefficient (Wildman–Crippen LogP) is 4.15. The van der Waals surface area contributed by atoms with E-state index in [2.05, 4.69) is 58.8 Å².